The Morgan fingerprint density at radius 2 is 2.03 bits per heavy atom. The maximum atomic E-state index is 14.4. The molecule has 1 aliphatic rings. The normalized spacial score (nSPS) is 19.2. The van der Waals surface area contributed by atoms with Crippen molar-refractivity contribution < 1.29 is 33.0 Å². The molecule has 9 nitrogen and oxygen atoms in total. The van der Waals surface area contributed by atoms with E-state index in [0.29, 0.717) is 26.1 Å². The minimum atomic E-state index is -1.58. The van der Waals surface area contributed by atoms with Gasteiger partial charge in [0.15, 0.2) is 11.5 Å². The van der Waals surface area contributed by atoms with Crippen molar-refractivity contribution in [3.8, 4) is 5.75 Å². The van der Waals surface area contributed by atoms with E-state index in [2.05, 4.69) is 21.0 Å². The molecule has 3 atom stereocenters. The molecular formula is C22H26BrClFN3O6. The van der Waals surface area contributed by atoms with Gasteiger partial charge in [-0.1, -0.05) is 11.6 Å². The lowest BCUT2D eigenvalue weighted by molar-refractivity contribution is -0.152. The lowest BCUT2D eigenvalue weighted by Crippen LogP contribution is -2.47. The number of ether oxygens (including phenoxy) is 3. The van der Waals surface area contributed by atoms with E-state index in [-0.39, 0.29) is 19.6 Å². The van der Waals surface area contributed by atoms with Crippen LogP contribution in [0.1, 0.15) is 40.2 Å². The zero-order valence-corrected chi connectivity index (χ0v) is 21.8. The summed E-state index contributed by atoms with van der Waals surface area (Å²) in [7, 11) is 1.44. The van der Waals surface area contributed by atoms with E-state index in [1.54, 1.807) is 33.8 Å². The van der Waals surface area contributed by atoms with Crippen LogP contribution >= 0.6 is 27.5 Å². The van der Waals surface area contributed by atoms with Gasteiger partial charge in [0.25, 0.3) is 0 Å². The smallest absolute Gasteiger partial charge is 0.411 e. The predicted molar refractivity (Wildman–Crippen MR) is 126 cm³/mol. The number of Topliss-reactive ketones (excluding diaryl/α,β-unsaturated/α-hetero) is 1. The molecule has 2 aromatic rings. The van der Waals surface area contributed by atoms with Crippen LogP contribution in [-0.2, 0) is 19.1 Å². The second kappa shape index (κ2) is 10.1. The van der Waals surface area contributed by atoms with Crippen molar-refractivity contribution in [2.45, 2.75) is 58.0 Å². The zero-order valence-electron chi connectivity index (χ0n) is 19.4. The van der Waals surface area contributed by atoms with E-state index in [0.717, 1.165) is 9.58 Å². The second-order valence-corrected chi connectivity index (χ2v) is 10.0. The van der Waals surface area contributed by atoms with E-state index in [4.69, 9.17) is 25.8 Å². The van der Waals surface area contributed by atoms with E-state index in [1.165, 1.54) is 13.3 Å². The van der Waals surface area contributed by atoms with E-state index < -0.39 is 41.7 Å². The van der Waals surface area contributed by atoms with Crippen molar-refractivity contribution in [2.75, 3.05) is 20.3 Å². The van der Waals surface area contributed by atoms with E-state index in [1.807, 2.05) is 0 Å². The van der Waals surface area contributed by atoms with Crippen LogP contribution in [0, 0.1) is 0 Å². The van der Waals surface area contributed by atoms with Crippen molar-refractivity contribution in [2.24, 2.45) is 0 Å². The number of benzene rings is 1. The SMILES string of the molecule is CCOC(=O)C(C(=O)[C@H]1CC(F)CN1C(=O)OC(C)(C)C)n1cc2c(Cl)cc(Br)c(OC)c2n1. The molecule has 1 aromatic heterocycles. The average Bonchev–Trinajstić information content (AvgIpc) is 3.32. The van der Waals surface area contributed by atoms with Crippen LogP contribution in [0.5, 0.6) is 5.75 Å². The fourth-order valence-corrected chi connectivity index (χ4v) is 4.72. The lowest BCUT2D eigenvalue weighted by atomic mass is 10.0. The van der Waals surface area contributed by atoms with Crippen LogP contribution in [0.4, 0.5) is 9.18 Å². The highest BCUT2D eigenvalue weighted by molar-refractivity contribution is 9.10. The molecule has 0 bridgehead atoms. The minimum absolute atomic E-state index is 0.00517. The molecule has 1 aliphatic heterocycles. The molecule has 1 amide bonds. The first-order valence-electron chi connectivity index (χ1n) is 10.6. The van der Waals surface area contributed by atoms with Gasteiger partial charge in [-0.05, 0) is 49.7 Å². The standard InChI is InChI=1S/C22H26BrClFN3O6/c1-6-33-20(30)17(28-10-12-14(24)8-13(23)19(32-5)16(12)26-28)18(29)15-7-11(25)9-27(15)21(31)34-22(2,3)4/h8,10-11,15,17H,6-7,9H2,1-5H3/t11?,15-,17?/m1/s1. The van der Waals surface area contributed by atoms with E-state index in [9.17, 15) is 18.8 Å². The Bertz CT molecular complexity index is 1120. The van der Waals surface area contributed by atoms with Gasteiger partial charge >= 0.3 is 12.1 Å². The highest BCUT2D eigenvalue weighted by Crippen LogP contribution is 2.38. The molecule has 0 aliphatic carbocycles. The van der Waals surface area contributed by atoms with Crippen molar-refractivity contribution in [3.05, 3.63) is 21.8 Å². The Kier molecular flexibility index (Phi) is 7.76. The van der Waals surface area contributed by atoms with Crippen LogP contribution in [0.2, 0.25) is 5.02 Å². The number of amides is 1. The van der Waals surface area contributed by atoms with Gasteiger partial charge in [-0.25, -0.2) is 18.7 Å². The molecule has 1 aromatic carbocycles. The number of likely N-dealkylation sites (tertiary alicyclic amines) is 1. The van der Waals surface area contributed by atoms with Crippen LogP contribution in [0.15, 0.2) is 16.7 Å². The molecule has 3 rings (SSSR count). The molecule has 0 spiro atoms. The van der Waals surface area contributed by atoms with Gasteiger partial charge in [-0.3, -0.25) is 9.69 Å². The van der Waals surface area contributed by atoms with E-state index >= 15 is 0 Å². The number of rotatable bonds is 6. The predicted octanol–water partition coefficient (Wildman–Crippen LogP) is 4.48. The van der Waals surface area contributed by atoms with Crippen LogP contribution in [0.25, 0.3) is 10.9 Å². The molecule has 1 fully saturated rings. The second-order valence-electron chi connectivity index (χ2n) is 8.78. The van der Waals surface area contributed by atoms with Crippen molar-refractivity contribution in [1.82, 2.24) is 14.7 Å². The Morgan fingerprint density at radius 3 is 2.62 bits per heavy atom. The van der Waals surface area contributed by atoms with Crippen molar-refractivity contribution >= 4 is 56.3 Å². The monoisotopic (exact) mass is 561 g/mol. The van der Waals surface area contributed by atoms with Gasteiger partial charge in [-0.2, -0.15) is 5.10 Å². The summed E-state index contributed by atoms with van der Waals surface area (Å²) in [6, 6.07) is -1.21. The molecular weight excluding hydrogens is 537 g/mol. The molecule has 186 valence electrons. The number of hydrogen-bond acceptors (Lipinski definition) is 7. The first-order valence-corrected chi connectivity index (χ1v) is 11.8. The first-order chi connectivity index (χ1) is 15.9. The Balaban J connectivity index is 2.06. The molecule has 0 radical (unpaired) electrons. The number of halogens is 3. The number of methoxy groups -OCH3 is 1. The molecule has 2 unspecified atom stereocenters. The van der Waals surface area contributed by atoms with Crippen LogP contribution in [-0.4, -0.2) is 70.6 Å². The Hall–Kier alpha value is -2.40. The largest absolute Gasteiger partial charge is 0.493 e. The maximum Gasteiger partial charge on any atom is 0.411 e. The van der Waals surface area contributed by atoms with Gasteiger partial charge in [0.1, 0.15) is 17.3 Å². The van der Waals surface area contributed by atoms with Gasteiger partial charge < -0.3 is 14.2 Å². The fraction of sp³-hybridized carbons (Fsp3) is 0.545. The fourth-order valence-electron chi connectivity index (χ4n) is 3.76. The summed E-state index contributed by atoms with van der Waals surface area (Å²) in [6.45, 7) is 6.26. The summed E-state index contributed by atoms with van der Waals surface area (Å²) in [5.41, 5.74) is -0.539. The van der Waals surface area contributed by atoms with Gasteiger partial charge in [0.2, 0.25) is 6.04 Å². The van der Waals surface area contributed by atoms with Crippen molar-refractivity contribution in [3.63, 3.8) is 0 Å². The summed E-state index contributed by atoms with van der Waals surface area (Å²) >= 11 is 9.69. The summed E-state index contributed by atoms with van der Waals surface area (Å²) in [5.74, 6) is -1.28. The number of alkyl halides is 1. The minimum Gasteiger partial charge on any atom is -0.493 e. The zero-order chi connectivity index (χ0) is 25.4. The Morgan fingerprint density at radius 1 is 1.35 bits per heavy atom. The third-order valence-corrected chi connectivity index (χ3v) is 6.03. The summed E-state index contributed by atoms with van der Waals surface area (Å²) < 4.78 is 31.9. The number of hydrogen-bond donors (Lipinski definition) is 0. The molecule has 0 saturated carbocycles. The Labute approximate surface area is 209 Å². The number of ketones is 1. The third kappa shape index (κ3) is 5.30. The topological polar surface area (TPSA) is 100.0 Å². The molecule has 12 heteroatoms. The van der Waals surface area contributed by atoms with Crippen LogP contribution < -0.4 is 4.74 Å². The molecule has 2 heterocycles. The lowest BCUT2D eigenvalue weighted by Gasteiger charge is -2.29. The van der Waals surface area contributed by atoms with Crippen molar-refractivity contribution in [1.29, 1.82) is 0 Å². The van der Waals surface area contributed by atoms with Crippen LogP contribution in [0.3, 0.4) is 0 Å². The van der Waals surface area contributed by atoms with Gasteiger partial charge in [0.05, 0.1) is 35.8 Å². The first kappa shape index (κ1) is 26.2. The molecule has 34 heavy (non-hydrogen) atoms. The number of aromatic nitrogens is 2. The van der Waals surface area contributed by atoms with Gasteiger partial charge in [0, 0.05) is 18.0 Å². The number of carbonyl (C=O) groups excluding carboxylic acids is 3. The number of nitrogens with zero attached hydrogens (tertiary/aromatic N) is 3. The van der Waals surface area contributed by atoms with Gasteiger partial charge in [-0.15, -0.1) is 0 Å². The average molecular weight is 563 g/mol. The molecule has 1 saturated heterocycles. The summed E-state index contributed by atoms with van der Waals surface area (Å²) in [5, 5.41) is 5.12. The summed E-state index contributed by atoms with van der Waals surface area (Å²) in [4.78, 5) is 40.2. The molecule has 0 N–H and O–H groups in total. The maximum absolute atomic E-state index is 14.4. The number of esters is 1. The third-order valence-electron chi connectivity index (χ3n) is 5.13. The highest BCUT2D eigenvalue weighted by Gasteiger charge is 2.46. The quantitative estimate of drug-likeness (QED) is 0.378. The number of carbonyl (C=O) groups is 3. The number of fused-ring (bicyclic) bond motifs is 1. The highest BCUT2D eigenvalue weighted by atomic mass is 79.9. The summed E-state index contributed by atoms with van der Waals surface area (Å²) in [6.07, 6.45) is -1.14.